The Morgan fingerprint density at radius 1 is 1.00 bits per heavy atom. The molecule has 1 aromatic heterocycles. The van der Waals surface area contributed by atoms with Crippen LogP contribution in [0.25, 0.3) is 0 Å². The Kier molecular flexibility index (Phi) is 6.26. The number of rotatable bonds is 7. The first-order valence-electron chi connectivity index (χ1n) is 8.93. The standard InChI is InChI=1S/C21H22N4O3S/c1-25(2)18-11-12-20(22-15-18)24-21(26)17-9-6-10-19(13-17)29(27,28)23-14-16-7-4-3-5-8-16/h3-13,15,23H,14H2,1-2H3,(H,22,24,26). The van der Waals surface area contributed by atoms with Crippen LogP contribution >= 0.6 is 0 Å². The van der Waals surface area contributed by atoms with Crippen molar-refractivity contribution in [2.75, 3.05) is 24.3 Å². The molecular formula is C21H22N4O3S. The summed E-state index contributed by atoms with van der Waals surface area (Å²) >= 11 is 0. The van der Waals surface area contributed by atoms with Crippen LogP contribution in [0.2, 0.25) is 0 Å². The third-order valence-electron chi connectivity index (χ3n) is 4.22. The van der Waals surface area contributed by atoms with Gasteiger partial charge in [0.2, 0.25) is 10.0 Å². The summed E-state index contributed by atoms with van der Waals surface area (Å²) in [5.41, 5.74) is 1.98. The highest BCUT2D eigenvalue weighted by Gasteiger charge is 2.16. The predicted octanol–water partition coefficient (Wildman–Crippen LogP) is 2.88. The van der Waals surface area contributed by atoms with E-state index in [1.165, 1.54) is 18.2 Å². The Bertz CT molecular complexity index is 1080. The second-order valence-electron chi connectivity index (χ2n) is 6.59. The van der Waals surface area contributed by atoms with Crippen molar-refractivity contribution in [2.45, 2.75) is 11.4 Å². The van der Waals surface area contributed by atoms with Crippen molar-refractivity contribution in [2.24, 2.45) is 0 Å². The van der Waals surface area contributed by atoms with Crippen LogP contribution in [-0.2, 0) is 16.6 Å². The number of carbonyl (C=O) groups is 1. The number of hydrogen-bond donors (Lipinski definition) is 2. The second-order valence-corrected chi connectivity index (χ2v) is 8.36. The van der Waals surface area contributed by atoms with Crippen molar-refractivity contribution in [3.8, 4) is 0 Å². The molecule has 3 aromatic rings. The molecule has 0 unspecified atom stereocenters. The van der Waals surface area contributed by atoms with E-state index >= 15 is 0 Å². The summed E-state index contributed by atoms with van der Waals surface area (Å²) < 4.78 is 27.7. The average molecular weight is 410 g/mol. The van der Waals surface area contributed by atoms with E-state index < -0.39 is 15.9 Å². The number of anilines is 2. The van der Waals surface area contributed by atoms with Gasteiger partial charge in [-0.25, -0.2) is 18.1 Å². The van der Waals surface area contributed by atoms with E-state index in [2.05, 4.69) is 15.0 Å². The first kappa shape index (κ1) is 20.5. The van der Waals surface area contributed by atoms with E-state index in [9.17, 15) is 13.2 Å². The molecule has 29 heavy (non-hydrogen) atoms. The second kappa shape index (κ2) is 8.85. The maximum absolute atomic E-state index is 12.6. The molecule has 150 valence electrons. The van der Waals surface area contributed by atoms with Gasteiger partial charge in [-0.15, -0.1) is 0 Å². The minimum absolute atomic E-state index is 0.0250. The fourth-order valence-corrected chi connectivity index (χ4v) is 3.64. The van der Waals surface area contributed by atoms with Gasteiger partial charge in [-0.2, -0.15) is 0 Å². The smallest absolute Gasteiger partial charge is 0.256 e. The number of hydrogen-bond acceptors (Lipinski definition) is 5. The monoisotopic (exact) mass is 410 g/mol. The first-order valence-corrected chi connectivity index (χ1v) is 10.4. The molecule has 0 bridgehead atoms. The number of nitrogens with zero attached hydrogens (tertiary/aromatic N) is 2. The molecule has 0 fully saturated rings. The maximum atomic E-state index is 12.6. The molecule has 1 amide bonds. The van der Waals surface area contributed by atoms with E-state index in [0.29, 0.717) is 5.82 Å². The number of sulfonamides is 1. The SMILES string of the molecule is CN(C)c1ccc(NC(=O)c2cccc(S(=O)(=O)NCc3ccccc3)c2)nc1. The maximum Gasteiger partial charge on any atom is 0.256 e. The van der Waals surface area contributed by atoms with Gasteiger partial charge in [0.1, 0.15) is 5.82 Å². The van der Waals surface area contributed by atoms with Gasteiger partial charge in [0.25, 0.3) is 5.91 Å². The molecule has 7 nitrogen and oxygen atoms in total. The Morgan fingerprint density at radius 3 is 2.41 bits per heavy atom. The van der Waals surface area contributed by atoms with Crippen LogP contribution in [0.1, 0.15) is 15.9 Å². The molecule has 0 spiro atoms. The zero-order valence-corrected chi connectivity index (χ0v) is 17.0. The fraction of sp³-hybridized carbons (Fsp3) is 0.143. The molecule has 0 radical (unpaired) electrons. The Balaban J connectivity index is 1.71. The molecule has 2 aromatic carbocycles. The minimum Gasteiger partial charge on any atom is -0.376 e. The molecule has 0 saturated carbocycles. The number of nitrogens with one attached hydrogen (secondary N) is 2. The number of carbonyl (C=O) groups excluding carboxylic acids is 1. The zero-order valence-electron chi connectivity index (χ0n) is 16.2. The summed E-state index contributed by atoms with van der Waals surface area (Å²) in [5, 5.41) is 2.68. The van der Waals surface area contributed by atoms with Crippen LogP contribution in [-0.4, -0.2) is 33.4 Å². The lowest BCUT2D eigenvalue weighted by molar-refractivity contribution is 0.102. The lowest BCUT2D eigenvalue weighted by Gasteiger charge is -2.12. The highest BCUT2D eigenvalue weighted by atomic mass is 32.2. The summed E-state index contributed by atoms with van der Waals surface area (Å²) in [4.78, 5) is 18.6. The van der Waals surface area contributed by atoms with Crippen LogP contribution in [0.3, 0.4) is 0 Å². The van der Waals surface area contributed by atoms with Crippen molar-refractivity contribution in [3.05, 3.63) is 84.1 Å². The molecule has 0 atom stereocenters. The molecule has 0 aliphatic rings. The molecule has 0 aliphatic heterocycles. The molecule has 0 saturated heterocycles. The molecule has 0 aliphatic carbocycles. The lowest BCUT2D eigenvalue weighted by Crippen LogP contribution is -2.23. The van der Waals surface area contributed by atoms with Gasteiger partial charge in [0.05, 0.1) is 16.8 Å². The molecule has 8 heteroatoms. The third kappa shape index (κ3) is 5.40. The quantitative estimate of drug-likeness (QED) is 0.625. The van der Waals surface area contributed by atoms with Crippen LogP contribution < -0.4 is 14.9 Å². The van der Waals surface area contributed by atoms with Gasteiger partial charge in [-0.1, -0.05) is 36.4 Å². The number of benzene rings is 2. The van der Waals surface area contributed by atoms with Crippen molar-refractivity contribution in [3.63, 3.8) is 0 Å². The van der Waals surface area contributed by atoms with Gasteiger partial charge in [0, 0.05) is 26.2 Å². The molecule has 1 heterocycles. The van der Waals surface area contributed by atoms with E-state index in [0.717, 1.165) is 11.3 Å². The van der Waals surface area contributed by atoms with Crippen molar-refractivity contribution < 1.29 is 13.2 Å². The number of amides is 1. The summed E-state index contributed by atoms with van der Waals surface area (Å²) in [6, 6.07) is 18.6. The Morgan fingerprint density at radius 2 is 1.76 bits per heavy atom. The summed E-state index contributed by atoms with van der Waals surface area (Å²) in [6.45, 7) is 0.168. The highest BCUT2D eigenvalue weighted by molar-refractivity contribution is 7.89. The van der Waals surface area contributed by atoms with E-state index in [1.54, 1.807) is 18.3 Å². The van der Waals surface area contributed by atoms with E-state index in [-0.39, 0.29) is 17.0 Å². The van der Waals surface area contributed by atoms with Crippen molar-refractivity contribution in [1.29, 1.82) is 0 Å². The number of aromatic nitrogens is 1. The van der Waals surface area contributed by atoms with Gasteiger partial charge in [-0.3, -0.25) is 4.79 Å². The summed E-state index contributed by atoms with van der Waals surface area (Å²) in [7, 11) is 0.0381. The largest absolute Gasteiger partial charge is 0.376 e. The van der Waals surface area contributed by atoms with Crippen molar-refractivity contribution >= 4 is 27.4 Å². The highest BCUT2D eigenvalue weighted by Crippen LogP contribution is 2.16. The van der Waals surface area contributed by atoms with E-state index in [1.807, 2.05) is 55.4 Å². The average Bonchev–Trinajstić information content (AvgIpc) is 2.73. The fourth-order valence-electron chi connectivity index (χ4n) is 2.58. The lowest BCUT2D eigenvalue weighted by atomic mass is 10.2. The Hall–Kier alpha value is -3.23. The van der Waals surface area contributed by atoms with Crippen LogP contribution in [0.5, 0.6) is 0 Å². The predicted molar refractivity (Wildman–Crippen MR) is 113 cm³/mol. The molecule has 3 rings (SSSR count). The molecule has 2 N–H and O–H groups in total. The van der Waals surface area contributed by atoms with Crippen molar-refractivity contribution in [1.82, 2.24) is 9.71 Å². The topological polar surface area (TPSA) is 91.4 Å². The third-order valence-corrected chi connectivity index (χ3v) is 5.62. The van der Waals surface area contributed by atoms with Gasteiger partial charge in [0.15, 0.2) is 0 Å². The van der Waals surface area contributed by atoms with E-state index in [4.69, 9.17) is 0 Å². The zero-order chi connectivity index (χ0) is 20.9. The Labute approximate surface area is 170 Å². The molecular weight excluding hydrogens is 388 g/mol. The normalized spacial score (nSPS) is 11.1. The van der Waals surface area contributed by atoms with Crippen LogP contribution in [0, 0.1) is 0 Å². The minimum atomic E-state index is -3.75. The number of pyridine rings is 1. The van der Waals surface area contributed by atoms with Crippen LogP contribution in [0.4, 0.5) is 11.5 Å². The van der Waals surface area contributed by atoms with Gasteiger partial charge in [-0.05, 0) is 35.9 Å². The first-order chi connectivity index (χ1) is 13.8. The van der Waals surface area contributed by atoms with Crippen LogP contribution in [0.15, 0.2) is 77.8 Å². The summed E-state index contributed by atoms with van der Waals surface area (Å²) in [6.07, 6.45) is 1.64. The summed E-state index contributed by atoms with van der Waals surface area (Å²) in [5.74, 6) is -0.0497. The van der Waals surface area contributed by atoms with Gasteiger partial charge >= 0.3 is 0 Å². The van der Waals surface area contributed by atoms with Gasteiger partial charge < -0.3 is 10.2 Å².